The number of benzene rings is 1. The molecule has 0 saturated heterocycles. The van der Waals surface area contributed by atoms with Gasteiger partial charge in [-0.3, -0.25) is 0 Å². The van der Waals surface area contributed by atoms with Crippen LogP contribution in [0.4, 0.5) is 0 Å². The summed E-state index contributed by atoms with van der Waals surface area (Å²) in [5, 5.41) is 8.51. The molecule has 0 amide bonds. The average Bonchev–Trinajstić information content (AvgIpc) is 2.91. The molecule has 0 spiro atoms. The van der Waals surface area contributed by atoms with E-state index in [0.29, 0.717) is 5.02 Å². The third-order valence-corrected chi connectivity index (χ3v) is 4.01. The lowest BCUT2D eigenvalue weighted by Gasteiger charge is -2.20. The summed E-state index contributed by atoms with van der Waals surface area (Å²) in [6, 6.07) is 8.23. The summed E-state index contributed by atoms with van der Waals surface area (Å²) < 4.78 is 5.45. The van der Waals surface area contributed by atoms with E-state index in [2.05, 4.69) is 29.1 Å². The number of rotatable bonds is 6. The molecule has 0 aliphatic rings. The highest BCUT2D eigenvalue weighted by molar-refractivity contribution is 7.07. The second-order valence-corrected chi connectivity index (χ2v) is 5.55. The van der Waals surface area contributed by atoms with Crippen LogP contribution in [-0.4, -0.2) is 13.7 Å². The Morgan fingerprint density at radius 2 is 2.21 bits per heavy atom. The number of likely N-dealkylation sites (N-methyl/N-ethyl adjacent to an activating group) is 1. The first kappa shape index (κ1) is 14.4. The molecule has 0 aliphatic heterocycles. The first-order valence-electron chi connectivity index (χ1n) is 6.32. The van der Waals surface area contributed by atoms with Crippen molar-refractivity contribution in [2.24, 2.45) is 0 Å². The van der Waals surface area contributed by atoms with Crippen molar-refractivity contribution in [3.8, 4) is 5.75 Å². The van der Waals surface area contributed by atoms with Crippen LogP contribution in [0.3, 0.4) is 0 Å². The van der Waals surface area contributed by atoms with E-state index in [-0.39, 0.29) is 6.04 Å². The Morgan fingerprint density at radius 1 is 1.37 bits per heavy atom. The first-order valence-corrected chi connectivity index (χ1v) is 7.64. The predicted molar refractivity (Wildman–Crippen MR) is 82.4 cm³/mol. The molecule has 0 fully saturated rings. The molecule has 102 valence electrons. The van der Waals surface area contributed by atoms with Crippen LogP contribution in [0, 0.1) is 0 Å². The standard InChI is InChI=1S/C15H18ClNOS/c1-3-17-14(8-11-6-7-19-10-11)13-5-4-12(16)9-15(13)18-2/h4-7,9-10,14,17H,3,8H2,1-2H3. The van der Waals surface area contributed by atoms with Crippen LogP contribution in [0.1, 0.15) is 24.1 Å². The Bertz CT molecular complexity index is 513. The maximum Gasteiger partial charge on any atom is 0.125 e. The highest BCUT2D eigenvalue weighted by atomic mass is 35.5. The second kappa shape index (κ2) is 6.94. The maximum atomic E-state index is 6.02. The van der Waals surface area contributed by atoms with Gasteiger partial charge >= 0.3 is 0 Å². The largest absolute Gasteiger partial charge is 0.496 e. The quantitative estimate of drug-likeness (QED) is 0.858. The molecule has 0 bridgehead atoms. The van der Waals surface area contributed by atoms with E-state index in [1.807, 2.05) is 18.2 Å². The molecule has 1 N–H and O–H groups in total. The van der Waals surface area contributed by atoms with Gasteiger partial charge in [-0.2, -0.15) is 11.3 Å². The van der Waals surface area contributed by atoms with Gasteiger partial charge in [-0.15, -0.1) is 0 Å². The van der Waals surface area contributed by atoms with Crippen LogP contribution < -0.4 is 10.1 Å². The van der Waals surface area contributed by atoms with Crippen molar-refractivity contribution >= 4 is 22.9 Å². The Labute approximate surface area is 123 Å². The Balaban J connectivity index is 2.27. The van der Waals surface area contributed by atoms with E-state index < -0.39 is 0 Å². The van der Waals surface area contributed by atoms with Crippen molar-refractivity contribution < 1.29 is 4.74 Å². The molecule has 1 unspecified atom stereocenters. The molecule has 1 aromatic carbocycles. The van der Waals surface area contributed by atoms with E-state index in [1.54, 1.807) is 18.4 Å². The normalized spacial score (nSPS) is 12.4. The molecule has 4 heteroatoms. The number of hydrogen-bond acceptors (Lipinski definition) is 3. The smallest absolute Gasteiger partial charge is 0.125 e. The molecule has 1 atom stereocenters. The van der Waals surface area contributed by atoms with Gasteiger partial charge in [0.25, 0.3) is 0 Å². The van der Waals surface area contributed by atoms with Crippen molar-refractivity contribution in [3.05, 3.63) is 51.2 Å². The Morgan fingerprint density at radius 3 is 2.84 bits per heavy atom. The summed E-state index contributed by atoms with van der Waals surface area (Å²) >= 11 is 7.75. The van der Waals surface area contributed by atoms with Crippen molar-refractivity contribution in [3.63, 3.8) is 0 Å². The van der Waals surface area contributed by atoms with Crippen molar-refractivity contribution in [1.82, 2.24) is 5.32 Å². The van der Waals surface area contributed by atoms with Gasteiger partial charge < -0.3 is 10.1 Å². The highest BCUT2D eigenvalue weighted by Crippen LogP contribution is 2.30. The number of nitrogens with one attached hydrogen (secondary N) is 1. The zero-order chi connectivity index (χ0) is 13.7. The zero-order valence-electron chi connectivity index (χ0n) is 11.2. The van der Waals surface area contributed by atoms with Crippen LogP contribution in [0.15, 0.2) is 35.0 Å². The lowest BCUT2D eigenvalue weighted by molar-refractivity contribution is 0.399. The molecule has 1 aromatic heterocycles. The molecule has 2 aromatic rings. The van der Waals surface area contributed by atoms with Gasteiger partial charge in [0.2, 0.25) is 0 Å². The van der Waals surface area contributed by atoms with Crippen LogP contribution in [0.5, 0.6) is 5.75 Å². The van der Waals surface area contributed by atoms with Crippen molar-refractivity contribution in [2.75, 3.05) is 13.7 Å². The molecular formula is C15H18ClNOS. The predicted octanol–water partition coefficient (Wildman–Crippen LogP) is 4.30. The third kappa shape index (κ3) is 3.72. The van der Waals surface area contributed by atoms with Gasteiger partial charge in [-0.25, -0.2) is 0 Å². The van der Waals surface area contributed by atoms with Crippen LogP contribution in [0.25, 0.3) is 0 Å². The summed E-state index contributed by atoms with van der Waals surface area (Å²) in [6.07, 6.45) is 0.954. The molecule has 0 radical (unpaired) electrons. The molecule has 2 rings (SSSR count). The van der Waals surface area contributed by atoms with Crippen LogP contribution in [-0.2, 0) is 6.42 Å². The number of thiophene rings is 1. The van der Waals surface area contributed by atoms with E-state index >= 15 is 0 Å². The lowest BCUT2D eigenvalue weighted by Crippen LogP contribution is -2.23. The van der Waals surface area contributed by atoms with E-state index in [1.165, 1.54) is 5.56 Å². The fraction of sp³-hybridized carbons (Fsp3) is 0.333. The second-order valence-electron chi connectivity index (χ2n) is 4.33. The maximum absolute atomic E-state index is 6.02. The molecule has 19 heavy (non-hydrogen) atoms. The molecule has 0 saturated carbocycles. The summed E-state index contributed by atoms with van der Waals surface area (Å²) in [7, 11) is 1.68. The van der Waals surface area contributed by atoms with Gasteiger partial charge in [0.05, 0.1) is 7.11 Å². The number of ether oxygens (including phenoxy) is 1. The van der Waals surface area contributed by atoms with E-state index in [4.69, 9.17) is 16.3 Å². The topological polar surface area (TPSA) is 21.3 Å². The summed E-state index contributed by atoms with van der Waals surface area (Å²) in [4.78, 5) is 0. The van der Waals surface area contributed by atoms with Crippen molar-refractivity contribution in [2.45, 2.75) is 19.4 Å². The lowest BCUT2D eigenvalue weighted by atomic mass is 9.99. The van der Waals surface area contributed by atoms with Crippen LogP contribution in [0.2, 0.25) is 5.02 Å². The van der Waals surface area contributed by atoms with E-state index in [0.717, 1.165) is 24.3 Å². The average molecular weight is 296 g/mol. The minimum Gasteiger partial charge on any atom is -0.496 e. The third-order valence-electron chi connectivity index (χ3n) is 3.04. The highest BCUT2D eigenvalue weighted by Gasteiger charge is 2.16. The SMILES string of the molecule is CCNC(Cc1ccsc1)c1ccc(Cl)cc1OC. The molecule has 0 aliphatic carbocycles. The molecule has 2 nitrogen and oxygen atoms in total. The van der Waals surface area contributed by atoms with Crippen LogP contribution >= 0.6 is 22.9 Å². The van der Waals surface area contributed by atoms with Gasteiger partial charge in [0, 0.05) is 16.6 Å². The fourth-order valence-electron chi connectivity index (χ4n) is 2.16. The monoisotopic (exact) mass is 295 g/mol. The minimum atomic E-state index is 0.242. The summed E-state index contributed by atoms with van der Waals surface area (Å²) in [5.41, 5.74) is 2.49. The Hall–Kier alpha value is -1.03. The number of hydrogen-bond donors (Lipinski definition) is 1. The summed E-state index contributed by atoms with van der Waals surface area (Å²) in [6.45, 7) is 3.03. The van der Waals surface area contributed by atoms with E-state index in [9.17, 15) is 0 Å². The van der Waals surface area contributed by atoms with Gasteiger partial charge in [-0.1, -0.05) is 24.6 Å². The Kier molecular flexibility index (Phi) is 5.25. The zero-order valence-corrected chi connectivity index (χ0v) is 12.7. The first-order chi connectivity index (χ1) is 9.24. The molecule has 1 heterocycles. The fourth-order valence-corrected chi connectivity index (χ4v) is 3.00. The van der Waals surface area contributed by atoms with Gasteiger partial charge in [-0.05, 0) is 47.5 Å². The van der Waals surface area contributed by atoms with Gasteiger partial charge in [0.15, 0.2) is 0 Å². The minimum absolute atomic E-state index is 0.242. The number of halogens is 1. The molecular weight excluding hydrogens is 278 g/mol. The van der Waals surface area contributed by atoms with Gasteiger partial charge in [0.1, 0.15) is 5.75 Å². The van der Waals surface area contributed by atoms with Crippen molar-refractivity contribution in [1.29, 1.82) is 0 Å². The number of methoxy groups -OCH3 is 1. The summed E-state index contributed by atoms with van der Waals surface area (Å²) in [5.74, 6) is 0.841.